The molecular formula is C14H17N3O3. The predicted octanol–water partition coefficient (Wildman–Crippen LogP) is 0.197. The van der Waals surface area contributed by atoms with Gasteiger partial charge in [0.05, 0.1) is 24.3 Å². The number of hydrogen-bond acceptors (Lipinski definition) is 5. The molecule has 6 nitrogen and oxygen atoms in total. The maximum absolute atomic E-state index is 12.2. The average Bonchev–Trinajstić information content (AvgIpc) is 2.70. The Bertz CT molecular complexity index is 553. The van der Waals surface area contributed by atoms with Crippen LogP contribution < -0.4 is 5.73 Å². The van der Waals surface area contributed by atoms with Crippen LogP contribution in [0.4, 0.5) is 5.69 Å². The van der Waals surface area contributed by atoms with E-state index in [1.165, 1.54) is 4.90 Å². The number of rotatable bonds is 3. The van der Waals surface area contributed by atoms with Crippen LogP contribution >= 0.6 is 0 Å². The van der Waals surface area contributed by atoms with E-state index < -0.39 is 0 Å². The number of imide groups is 1. The van der Waals surface area contributed by atoms with Crippen molar-refractivity contribution in [1.29, 1.82) is 0 Å². The van der Waals surface area contributed by atoms with Gasteiger partial charge in [-0.25, -0.2) is 0 Å². The molecule has 0 atom stereocenters. The molecule has 3 rings (SSSR count). The Labute approximate surface area is 117 Å². The van der Waals surface area contributed by atoms with E-state index in [-0.39, 0.29) is 11.8 Å². The van der Waals surface area contributed by atoms with Gasteiger partial charge in [-0.1, -0.05) is 0 Å². The Kier molecular flexibility index (Phi) is 3.42. The second-order valence-corrected chi connectivity index (χ2v) is 5.02. The molecule has 0 aromatic heterocycles. The second-order valence-electron chi connectivity index (χ2n) is 5.02. The normalized spacial score (nSPS) is 19.5. The van der Waals surface area contributed by atoms with Gasteiger partial charge < -0.3 is 10.5 Å². The number of anilines is 1. The number of carbonyl (C=O) groups excluding carboxylic acids is 2. The smallest absolute Gasteiger partial charge is 0.261 e. The molecule has 1 fully saturated rings. The fourth-order valence-corrected chi connectivity index (χ4v) is 2.58. The first-order chi connectivity index (χ1) is 9.66. The van der Waals surface area contributed by atoms with Crippen molar-refractivity contribution >= 4 is 17.5 Å². The maximum Gasteiger partial charge on any atom is 0.261 e. The van der Waals surface area contributed by atoms with E-state index >= 15 is 0 Å². The van der Waals surface area contributed by atoms with Crippen LogP contribution in [0.3, 0.4) is 0 Å². The zero-order valence-corrected chi connectivity index (χ0v) is 11.2. The summed E-state index contributed by atoms with van der Waals surface area (Å²) >= 11 is 0. The van der Waals surface area contributed by atoms with Gasteiger partial charge in [0.15, 0.2) is 0 Å². The molecule has 0 saturated carbocycles. The average molecular weight is 275 g/mol. The van der Waals surface area contributed by atoms with Gasteiger partial charge in [0, 0.05) is 31.9 Å². The molecule has 0 aliphatic carbocycles. The topological polar surface area (TPSA) is 75.9 Å². The van der Waals surface area contributed by atoms with Crippen LogP contribution in [0.5, 0.6) is 0 Å². The number of benzene rings is 1. The fraction of sp³-hybridized carbons (Fsp3) is 0.429. The van der Waals surface area contributed by atoms with Gasteiger partial charge in [-0.3, -0.25) is 19.4 Å². The number of amides is 2. The van der Waals surface area contributed by atoms with Crippen LogP contribution in [-0.2, 0) is 4.74 Å². The molecule has 1 saturated heterocycles. The van der Waals surface area contributed by atoms with Crippen LogP contribution in [-0.4, -0.2) is 61.0 Å². The molecule has 2 aliphatic rings. The lowest BCUT2D eigenvalue weighted by Gasteiger charge is -2.27. The first kappa shape index (κ1) is 13.1. The first-order valence-electron chi connectivity index (χ1n) is 6.72. The number of fused-ring (bicyclic) bond motifs is 1. The van der Waals surface area contributed by atoms with Crippen LogP contribution in [0.25, 0.3) is 0 Å². The van der Waals surface area contributed by atoms with Crippen molar-refractivity contribution < 1.29 is 14.3 Å². The molecular weight excluding hydrogens is 258 g/mol. The highest BCUT2D eigenvalue weighted by Gasteiger charge is 2.35. The van der Waals surface area contributed by atoms with E-state index in [4.69, 9.17) is 10.5 Å². The monoisotopic (exact) mass is 275 g/mol. The largest absolute Gasteiger partial charge is 0.399 e. The van der Waals surface area contributed by atoms with E-state index in [9.17, 15) is 9.59 Å². The Hall–Kier alpha value is -1.92. The van der Waals surface area contributed by atoms with Crippen molar-refractivity contribution in [1.82, 2.24) is 9.80 Å². The van der Waals surface area contributed by atoms with Gasteiger partial charge in [-0.2, -0.15) is 0 Å². The van der Waals surface area contributed by atoms with E-state index in [0.29, 0.717) is 43.1 Å². The van der Waals surface area contributed by atoms with Crippen LogP contribution in [0.1, 0.15) is 20.7 Å². The Morgan fingerprint density at radius 1 is 1.05 bits per heavy atom. The van der Waals surface area contributed by atoms with Crippen LogP contribution in [0.15, 0.2) is 18.2 Å². The van der Waals surface area contributed by atoms with Crippen molar-refractivity contribution in [2.45, 2.75) is 0 Å². The lowest BCUT2D eigenvalue weighted by Crippen LogP contribution is -2.42. The highest BCUT2D eigenvalue weighted by molar-refractivity contribution is 6.21. The van der Waals surface area contributed by atoms with Gasteiger partial charge in [-0.05, 0) is 18.2 Å². The third-order valence-corrected chi connectivity index (χ3v) is 3.74. The maximum atomic E-state index is 12.2. The third kappa shape index (κ3) is 2.28. The summed E-state index contributed by atoms with van der Waals surface area (Å²) < 4.78 is 5.27. The van der Waals surface area contributed by atoms with Crippen molar-refractivity contribution in [3.05, 3.63) is 29.3 Å². The summed E-state index contributed by atoms with van der Waals surface area (Å²) in [5.74, 6) is -0.469. The number of ether oxygens (including phenoxy) is 1. The van der Waals surface area contributed by atoms with E-state index in [1.807, 2.05) is 0 Å². The standard InChI is InChI=1S/C14H17N3O3/c15-10-1-2-11-12(9-10)14(19)17(13(11)18)4-3-16-5-7-20-8-6-16/h1-2,9H,3-8,15H2. The lowest BCUT2D eigenvalue weighted by molar-refractivity contribution is 0.0325. The number of morpholine rings is 1. The first-order valence-corrected chi connectivity index (χ1v) is 6.72. The molecule has 0 unspecified atom stereocenters. The molecule has 106 valence electrons. The summed E-state index contributed by atoms with van der Waals surface area (Å²) in [6.07, 6.45) is 0. The summed E-state index contributed by atoms with van der Waals surface area (Å²) in [4.78, 5) is 28.0. The molecule has 0 radical (unpaired) electrons. The Balaban J connectivity index is 1.69. The van der Waals surface area contributed by atoms with E-state index in [0.717, 1.165) is 13.1 Å². The fourth-order valence-electron chi connectivity index (χ4n) is 2.58. The molecule has 0 bridgehead atoms. The molecule has 2 amide bonds. The molecule has 2 aliphatic heterocycles. The number of nitrogen functional groups attached to an aromatic ring is 1. The van der Waals surface area contributed by atoms with Gasteiger partial charge in [-0.15, -0.1) is 0 Å². The molecule has 2 N–H and O–H groups in total. The van der Waals surface area contributed by atoms with Crippen LogP contribution in [0.2, 0.25) is 0 Å². The van der Waals surface area contributed by atoms with Crippen molar-refractivity contribution in [2.75, 3.05) is 45.1 Å². The number of hydrogen-bond donors (Lipinski definition) is 1. The Morgan fingerprint density at radius 3 is 2.50 bits per heavy atom. The minimum absolute atomic E-state index is 0.224. The van der Waals surface area contributed by atoms with E-state index in [1.54, 1.807) is 18.2 Å². The van der Waals surface area contributed by atoms with Crippen molar-refractivity contribution in [2.24, 2.45) is 0 Å². The molecule has 1 aromatic rings. The van der Waals surface area contributed by atoms with Gasteiger partial charge in [0.1, 0.15) is 0 Å². The molecule has 2 heterocycles. The summed E-state index contributed by atoms with van der Waals surface area (Å²) in [6, 6.07) is 4.85. The summed E-state index contributed by atoms with van der Waals surface area (Å²) in [5, 5.41) is 0. The van der Waals surface area contributed by atoms with Crippen molar-refractivity contribution in [3.8, 4) is 0 Å². The molecule has 6 heteroatoms. The minimum Gasteiger partial charge on any atom is -0.399 e. The zero-order valence-electron chi connectivity index (χ0n) is 11.2. The number of carbonyl (C=O) groups is 2. The third-order valence-electron chi connectivity index (χ3n) is 3.74. The van der Waals surface area contributed by atoms with Crippen molar-refractivity contribution in [3.63, 3.8) is 0 Å². The highest BCUT2D eigenvalue weighted by Crippen LogP contribution is 2.24. The predicted molar refractivity (Wildman–Crippen MR) is 73.5 cm³/mol. The summed E-state index contributed by atoms with van der Waals surface area (Å²) in [6.45, 7) is 4.19. The molecule has 20 heavy (non-hydrogen) atoms. The minimum atomic E-state index is -0.245. The highest BCUT2D eigenvalue weighted by atomic mass is 16.5. The van der Waals surface area contributed by atoms with Gasteiger partial charge in [0.2, 0.25) is 0 Å². The van der Waals surface area contributed by atoms with Crippen LogP contribution in [0, 0.1) is 0 Å². The van der Waals surface area contributed by atoms with E-state index in [2.05, 4.69) is 4.90 Å². The zero-order chi connectivity index (χ0) is 14.1. The molecule has 1 aromatic carbocycles. The lowest BCUT2D eigenvalue weighted by atomic mass is 10.1. The number of nitrogens with two attached hydrogens (primary N) is 1. The second kappa shape index (κ2) is 5.22. The molecule has 0 spiro atoms. The SMILES string of the molecule is Nc1ccc2c(c1)C(=O)N(CCN1CCOCC1)C2=O. The summed E-state index contributed by atoms with van der Waals surface area (Å²) in [7, 11) is 0. The summed E-state index contributed by atoms with van der Waals surface area (Å²) in [5.41, 5.74) is 7.03. The number of nitrogens with zero attached hydrogens (tertiary/aromatic N) is 2. The Morgan fingerprint density at radius 2 is 1.75 bits per heavy atom. The van der Waals surface area contributed by atoms with Gasteiger partial charge >= 0.3 is 0 Å². The van der Waals surface area contributed by atoms with Gasteiger partial charge in [0.25, 0.3) is 11.8 Å². The quantitative estimate of drug-likeness (QED) is 0.630.